The summed E-state index contributed by atoms with van der Waals surface area (Å²) >= 11 is 5.89. The molecule has 1 atom stereocenters. The van der Waals surface area contributed by atoms with Crippen LogP contribution in [0.3, 0.4) is 0 Å². The summed E-state index contributed by atoms with van der Waals surface area (Å²) in [6.45, 7) is 4.00. The number of alkyl halides is 1. The van der Waals surface area contributed by atoms with Gasteiger partial charge in [-0.25, -0.2) is 4.79 Å². The van der Waals surface area contributed by atoms with Gasteiger partial charge in [-0.2, -0.15) is 0 Å². The van der Waals surface area contributed by atoms with Crippen molar-refractivity contribution >= 4 is 11.6 Å². The molecule has 0 fully saturated rings. The summed E-state index contributed by atoms with van der Waals surface area (Å²) in [4.78, 5) is 27.1. The molecule has 84 valence electrons. The highest BCUT2D eigenvalue weighted by Gasteiger charge is 2.15. The topological polar surface area (TPSA) is 75.0 Å². The maximum absolute atomic E-state index is 11.4. The van der Waals surface area contributed by atoms with E-state index in [0.717, 1.165) is 0 Å². The second-order valence-electron chi connectivity index (χ2n) is 2.93. The van der Waals surface area contributed by atoms with E-state index in [1.165, 1.54) is 0 Å². The number of aromatic amines is 2. The Morgan fingerprint density at radius 2 is 2.00 bits per heavy atom. The molecule has 2 N–H and O–H groups in total. The third-order valence-corrected chi connectivity index (χ3v) is 2.31. The Kier molecular flexibility index (Phi) is 4.11. The average molecular weight is 233 g/mol. The first-order valence-electron chi connectivity index (χ1n) is 4.71. The van der Waals surface area contributed by atoms with Crippen LogP contribution in [-0.4, -0.2) is 16.6 Å². The fourth-order valence-corrected chi connectivity index (χ4v) is 1.62. The van der Waals surface area contributed by atoms with Crippen molar-refractivity contribution in [2.45, 2.75) is 25.8 Å². The number of nitrogens with one attached hydrogen (secondary N) is 2. The number of hydrogen-bond donors (Lipinski definition) is 2. The number of H-pyrrole nitrogens is 2. The highest BCUT2D eigenvalue weighted by Crippen LogP contribution is 2.20. The largest absolute Gasteiger partial charge is 0.357 e. The summed E-state index contributed by atoms with van der Waals surface area (Å²) in [5.74, 6) is 0. The molecule has 1 aromatic heterocycles. The van der Waals surface area contributed by atoms with Crippen molar-refractivity contribution in [3.8, 4) is 0 Å². The van der Waals surface area contributed by atoms with Gasteiger partial charge in [0.2, 0.25) is 0 Å². The van der Waals surface area contributed by atoms with Gasteiger partial charge in [0.15, 0.2) is 5.56 Å². The molecule has 0 radical (unpaired) electrons. The summed E-state index contributed by atoms with van der Waals surface area (Å²) < 4.78 is 5.12. The minimum Gasteiger partial charge on any atom is -0.357 e. The SMILES string of the molecule is CCOC(Cl)c1[nH]c(=O)[nH]c(=O)c1CC. The van der Waals surface area contributed by atoms with Crippen molar-refractivity contribution in [3.63, 3.8) is 0 Å². The molecule has 0 aliphatic rings. The number of halogens is 1. The van der Waals surface area contributed by atoms with E-state index in [9.17, 15) is 9.59 Å². The summed E-state index contributed by atoms with van der Waals surface area (Å²) in [7, 11) is 0. The van der Waals surface area contributed by atoms with Gasteiger partial charge in [-0.1, -0.05) is 18.5 Å². The Balaban J connectivity index is 3.26. The molecule has 0 bridgehead atoms. The third-order valence-electron chi connectivity index (χ3n) is 1.97. The lowest BCUT2D eigenvalue weighted by atomic mass is 10.2. The first-order chi connectivity index (χ1) is 7.10. The summed E-state index contributed by atoms with van der Waals surface area (Å²) in [5.41, 5.74) is -0.989. The maximum atomic E-state index is 11.4. The van der Waals surface area contributed by atoms with Gasteiger partial charge >= 0.3 is 5.69 Å². The van der Waals surface area contributed by atoms with E-state index in [0.29, 0.717) is 24.3 Å². The molecule has 0 aliphatic heterocycles. The van der Waals surface area contributed by atoms with Crippen LogP contribution in [0.5, 0.6) is 0 Å². The minimum absolute atomic E-state index is 0.342. The summed E-state index contributed by atoms with van der Waals surface area (Å²) in [5, 5.41) is 0. The second-order valence-corrected chi connectivity index (χ2v) is 3.32. The van der Waals surface area contributed by atoms with E-state index in [1.807, 2.05) is 6.92 Å². The number of ether oxygens (including phenoxy) is 1. The number of aromatic nitrogens is 2. The van der Waals surface area contributed by atoms with Crippen molar-refractivity contribution in [1.29, 1.82) is 0 Å². The van der Waals surface area contributed by atoms with Crippen LogP contribution in [0.25, 0.3) is 0 Å². The van der Waals surface area contributed by atoms with Gasteiger partial charge in [-0.3, -0.25) is 9.78 Å². The van der Waals surface area contributed by atoms with Crippen LogP contribution in [0.2, 0.25) is 0 Å². The smallest absolute Gasteiger partial charge is 0.326 e. The van der Waals surface area contributed by atoms with E-state index < -0.39 is 16.8 Å². The van der Waals surface area contributed by atoms with Gasteiger partial charge in [-0.05, 0) is 13.3 Å². The quantitative estimate of drug-likeness (QED) is 0.758. The molecule has 6 heteroatoms. The first-order valence-corrected chi connectivity index (χ1v) is 5.14. The molecule has 1 aromatic rings. The van der Waals surface area contributed by atoms with E-state index in [4.69, 9.17) is 16.3 Å². The highest BCUT2D eigenvalue weighted by atomic mass is 35.5. The average Bonchev–Trinajstić information content (AvgIpc) is 2.17. The number of rotatable bonds is 4. The third kappa shape index (κ3) is 2.70. The molecule has 0 aromatic carbocycles. The standard InChI is InChI=1S/C9H13ClN2O3/c1-3-5-6(7(10)15-4-2)11-9(14)12-8(5)13/h7H,3-4H2,1-2H3,(H2,11,12,13,14). The van der Waals surface area contributed by atoms with Crippen molar-refractivity contribution < 1.29 is 4.74 Å². The van der Waals surface area contributed by atoms with Crippen molar-refractivity contribution in [3.05, 3.63) is 32.1 Å². The van der Waals surface area contributed by atoms with Crippen LogP contribution >= 0.6 is 11.6 Å². The molecule has 1 unspecified atom stereocenters. The minimum atomic E-state index is -0.792. The zero-order valence-electron chi connectivity index (χ0n) is 8.59. The molecule has 1 heterocycles. The fourth-order valence-electron chi connectivity index (χ4n) is 1.30. The molecule has 0 aliphatic carbocycles. The zero-order valence-corrected chi connectivity index (χ0v) is 9.35. The summed E-state index contributed by atoms with van der Waals surface area (Å²) in [6, 6.07) is 0. The summed E-state index contributed by atoms with van der Waals surface area (Å²) in [6.07, 6.45) is 0.484. The Labute approximate surface area is 91.4 Å². The fraction of sp³-hybridized carbons (Fsp3) is 0.556. The molecular weight excluding hydrogens is 220 g/mol. The van der Waals surface area contributed by atoms with E-state index >= 15 is 0 Å². The van der Waals surface area contributed by atoms with Crippen molar-refractivity contribution in [2.75, 3.05) is 6.61 Å². The van der Waals surface area contributed by atoms with Crippen LogP contribution < -0.4 is 11.2 Å². The molecule has 1 rings (SSSR count). The first kappa shape index (κ1) is 12.0. The second kappa shape index (κ2) is 5.14. The predicted molar refractivity (Wildman–Crippen MR) is 57.3 cm³/mol. The monoisotopic (exact) mass is 232 g/mol. The lowest BCUT2D eigenvalue weighted by Crippen LogP contribution is -2.28. The maximum Gasteiger partial charge on any atom is 0.326 e. The van der Waals surface area contributed by atoms with E-state index in [-0.39, 0.29) is 0 Å². The van der Waals surface area contributed by atoms with Gasteiger partial charge in [0.25, 0.3) is 5.56 Å². The van der Waals surface area contributed by atoms with Crippen LogP contribution in [0.15, 0.2) is 9.59 Å². The molecule has 0 amide bonds. The van der Waals surface area contributed by atoms with Gasteiger partial charge in [-0.15, -0.1) is 0 Å². The molecule has 5 nitrogen and oxygen atoms in total. The van der Waals surface area contributed by atoms with Crippen LogP contribution in [-0.2, 0) is 11.2 Å². The molecular formula is C9H13ClN2O3. The van der Waals surface area contributed by atoms with Crippen LogP contribution in [0.1, 0.15) is 30.7 Å². The van der Waals surface area contributed by atoms with Gasteiger partial charge in [0, 0.05) is 12.2 Å². The Morgan fingerprint density at radius 3 is 2.53 bits per heavy atom. The Bertz CT molecular complexity index is 438. The van der Waals surface area contributed by atoms with E-state index in [2.05, 4.69) is 9.97 Å². The lowest BCUT2D eigenvalue weighted by Gasteiger charge is -2.12. The van der Waals surface area contributed by atoms with Gasteiger partial charge < -0.3 is 9.72 Å². The molecule has 0 saturated carbocycles. The Morgan fingerprint density at radius 1 is 1.33 bits per heavy atom. The molecule has 0 spiro atoms. The van der Waals surface area contributed by atoms with Crippen molar-refractivity contribution in [1.82, 2.24) is 9.97 Å². The zero-order chi connectivity index (χ0) is 11.4. The predicted octanol–water partition coefficient (Wildman–Crippen LogP) is 0.899. The normalized spacial score (nSPS) is 12.7. The van der Waals surface area contributed by atoms with Gasteiger partial charge in [0.1, 0.15) is 0 Å². The molecule has 15 heavy (non-hydrogen) atoms. The van der Waals surface area contributed by atoms with Crippen LogP contribution in [0, 0.1) is 0 Å². The molecule has 0 saturated heterocycles. The van der Waals surface area contributed by atoms with Gasteiger partial charge in [0.05, 0.1) is 5.69 Å². The van der Waals surface area contributed by atoms with Crippen LogP contribution in [0.4, 0.5) is 0 Å². The number of hydrogen-bond acceptors (Lipinski definition) is 3. The van der Waals surface area contributed by atoms with Crippen molar-refractivity contribution in [2.24, 2.45) is 0 Å². The Hall–Kier alpha value is -1.07. The van der Waals surface area contributed by atoms with E-state index in [1.54, 1.807) is 6.92 Å². The highest BCUT2D eigenvalue weighted by molar-refractivity contribution is 6.19. The lowest BCUT2D eigenvalue weighted by molar-refractivity contribution is 0.117.